The molecule has 8 heteroatoms. The number of halogens is 3. The number of benzene rings is 1. The highest BCUT2D eigenvalue weighted by molar-refractivity contribution is 5.95. The zero-order valence-electron chi connectivity index (χ0n) is 11.7. The van der Waals surface area contributed by atoms with E-state index in [1.807, 2.05) is 0 Å². The molecule has 1 aliphatic heterocycles. The molecule has 120 valence electrons. The molecule has 0 aromatic heterocycles. The van der Waals surface area contributed by atoms with E-state index in [0.29, 0.717) is 13.0 Å². The number of amides is 1. The molecule has 2 rings (SSSR count). The van der Waals surface area contributed by atoms with E-state index in [2.05, 4.69) is 4.74 Å². The highest BCUT2D eigenvalue weighted by Crippen LogP contribution is 2.31. The van der Waals surface area contributed by atoms with E-state index < -0.39 is 29.4 Å². The number of likely N-dealkylation sites (tertiary alicyclic amines) is 1. The van der Waals surface area contributed by atoms with Crippen LogP contribution in [0.3, 0.4) is 0 Å². The molecule has 1 N–H and O–H groups in total. The first kappa shape index (κ1) is 16.1. The summed E-state index contributed by atoms with van der Waals surface area (Å²) >= 11 is 0. The Labute approximate surface area is 124 Å². The zero-order chi connectivity index (χ0) is 16.5. The number of rotatable bonds is 3. The van der Waals surface area contributed by atoms with E-state index in [-0.39, 0.29) is 12.1 Å². The lowest BCUT2D eigenvalue weighted by Gasteiger charge is -2.20. The van der Waals surface area contributed by atoms with Gasteiger partial charge < -0.3 is 14.7 Å². The fraction of sp³-hybridized carbons (Fsp3) is 0.429. The van der Waals surface area contributed by atoms with Crippen molar-refractivity contribution < 1.29 is 32.6 Å². The van der Waals surface area contributed by atoms with Gasteiger partial charge in [0, 0.05) is 18.7 Å². The number of carbonyl (C=O) groups excluding carboxylic acids is 1. The molecule has 1 saturated heterocycles. The Bertz CT molecular complexity index is 585. The Balaban J connectivity index is 2.06. The average molecular weight is 317 g/mol. The van der Waals surface area contributed by atoms with Gasteiger partial charge in [0.2, 0.25) is 0 Å². The molecule has 1 atom stereocenters. The fourth-order valence-electron chi connectivity index (χ4n) is 2.29. The maximum absolute atomic E-state index is 12.2. The van der Waals surface area contributed by atoms with Crippen LogP contribution in [0.15, 0.2) is 24.3 Å². The number of carbonyl (C=O) groups is 2. The van der Waals surface area contributed by atoms with Crippen molar-refractivity contribution in [2.45, 2.75) is 19.7 Å². The van der Waals surface area contributed by atoms with Gasteiger partial charge in [-0.3, -0.25) is 9.59 Å². The quantitative estimate of drug-likeness (QED) is 0.930. The van der Waals surface area contributed by atoms with Crippen molar-refractivity contribution in [1.82, 2.24) is 4.90 Å². The summed E-state index contributed by atoms with van der Waals surface area (Å²) < 4.78 is 39.9. The van der Waals surface area contributed by atoms with Gasteiger partial charge in [-0.15, -0.1) is 13.2 Å². The van der Waals surface area contributed by atoms with Crippen LogP contribution in [0, 0.1) is 5.41 Å². The molecule has 1 amide bonds. The predicted molar refractivity (Wildman–Crippen MR) is 69.4 cm³/mol. The van der Waals surface area contributed by atoms with Crippen LogP contribution in [0.4, 0.5) is 13.2 Å². The van der Waals surface area contributed by atoms with Crippen molar-refractivity contribution in [2.75, 3.05) is 13.1 Å². The Kier molecular flexibility index (Phi) is 4.04. The largest absolute Gasteiger partial charge is 0.573 e. The lowest BCUT2D eigenvalue weighted by atomic mass is 9.90. The molecule has 1 heterocycles. The van der Waals surface area contributed by atoms with Crippen molar-refractivity contribution in [2.24, 2.45) is 5.41 Å². The molecule has 1 aromatic rings. The number of carboxylic acid groups (broad SMARTS) is 1. The third kappa shape index (κ3) is 3.49. The SMILES string of the molecule is C[C@]1(C(=O)O)CCN(C(=O)c2ccc(OC(F)(F)F)cc2)C1. The second-order valence-corrected chi connectivity index (χ2v) is 5.41. The van der Waals surface area contributed by atoms with Crippen LogP contribution in [0.2, 0.25) is 0 Å². The molecule has 0 spiro atoms. The van der Waals surface area contributed by atoms with Crippen molar-refractivity contribution in [1.29, 1.82) is 0 Å². The second kappa shape index (κ2) is 5.51. The summed E-state index contributed by atoms with van der Waals surface area (Å²) in [6.07, 6.45) is -4.45. The molecular formula is C14H14F3NO4. The van der Waals surface area contributed by atoms with E-state index >= 15 is 0 Å². The third-order valence-corrected chi connectivity index (χ3v) is 3.61. The van der Waals surface area contributed by atoms with Crippen LogP contribution in [0.25, 0.3) is 0 Å². The lowest BCUT2D eigenvalue weighted by molar-refractivity contribution is -0.274. The first-order valence-corrected chi connectivity index (χ1v) is 6.49. The van der Waals surface area contributed by atoms with Crippen LogP contribution in [0.1, 0.15) is 23.7 Å². The van der Waals surface area contributed by atoms with E-state index in [4.69, 9.17) is 5.11 Å². The zero-order valence-corrected chi connectivity index (χ0v) is 11.7. The number of hydrogen-bond donors (Lipinski definition) is 1. The summed E-state index contributed by atoms with van der Waals surface area (Å²) in [4.78, 5) is 24.8. The monoisotopic (exact) mass is 317 g/mol. The molecule has 0 bridgehead atoms. The Morgan fingerprint density at radius 2 is 1.86 bits per heavy atom. The van der Waals surface area contributed by atoms with Gasteiger partial charge in [0.05, 0.1) is 5.41 Å². The van der Waals surface area contributed by atoms with Crippen LogP contribution in [-0.2, 0) is 4.79 Å². The molecule has 1 aromatic carbocycles. The lowest BCUT2D eigenvalue weighted by Crippen LogP contribution is -2.34. The minimum atomic E-state index is -4.79. The van der Waals surface area contributed by atoms with Gasteiger partial charge in [-0.05, 0) is 37.6 Å². The smallest absolute Gasteiger partial charge is 0.481 e. The summed E-state index contributed by atoms with van der Waals surface area (Å²) in [6.45, 7) is 1.92. The maximum atomic E-state index is 12.2. The molecule has 22 heavy (non-hydrogen) atoms. The maximum Gasteiger partial charge on any atom is 0.573 e. The third-order valence-electron chi connectivity index (χ3n) is 3.61. The number of ether oxygens (including phenoxy) is 1. The minimum Gasteiger partial charge on any atom is -0.481 e. The molecular weight excluding hydrogens is 303 g/mol. The van der Waals surface area contributed by atoms with Crippen molar-refractivity contribution in [3.05, 3.63) is 29.8 Å². The van der Waals surface area contributed by atoms with Gasteiger partial charge >= 0.3 is 12.3 Å². The van der Waals surface area contributed by atoms with E-state index in [1.54, 1.807) is 6.92 Å². The van der Waals surface area contributed by atoms with Gasteiger partial charge in [-0.2, -0.15) is 0 Å². The van der Waals surface area contributed by atoms with Crippen LogP contribution in [-0.4, -0.2) is 41.3 Å². The summed E-state index contributed by atoms with van der Waals surface area (Å²) in [6, 6.07) is 4.54. The first-order chi connectivity index (χ1) is 10.1. The molecule has 5 nitrogen and oxygen atoms in total. The minimum absolute atomic E-state index is 0.0714. The van der Waals surface area contributed by atoms with E-state index in [9.17, 15) is 22.8 Å². The summed E-state index contributed by atoms with van der Waals surface area (Å²) in [7, 11) is 0. The Morgan fingerprint density at radius 1 is 1.27 bits per heavy atom. The molecule has 1 fully saturated rings. The summed E-state index contributed by atoms with van der Waals surface area (Å²) in [5, 5.41) is 9.13. The fourth-order valence-corrected chi connectivity index (χ4v) is 2.29. The Hall–Kier alpha value is -2.25. The van der Waals surface area contributed by atoms with E-state index in [0.717, 1.165) is 12.1 Å². The molecule has 1 aliphatic rings. The Morgan fingerprint density at radius 3 is 2.32 bits per heavy atom. The molecule has 0 unspecified atom stereocenters. The second-order valence-electron chi connectivity index (χ2n) is 5.41. The average Bonchev–Trinajstić information content (AvgIpc) is 2.81. The summed E-state index contributed by atoms with van der Waals surface area (Å²) in [5.41, 5.74) is -0.807. The van der Waals surface area contributed by atoms with Crippen molar-refractivity contribution >= 4 is 11.9 Å². The summed E-state index contributed by atoms with van der Waals surface area (Å²) in [5.74, 6) is -1.80. The topological polar surface area (TPSA) is 66.8 Å². The standard InChI is InChI=1S/C14H14F3NO4/c1-13(12(20)21)6-7-18(8-13)11(19)9-2-4-10(5-3-9)22-14(15,16)17/h2-5H,6-8H2,1H3,(H,20,21)/t13-/m0/s1. The van der Waals surface area contributed by atoms with Crippen LogP contribution < -0.4 is 4.74 Å². The van der Waals surface area contributed by atoms with Gasteiger partial charge in [-0.1, -0.05) is 0 Å². The van der Waals surface area contributed by atoms with Crippen molar-refractivity contribution in [3.8, 4) is 5.75 Å². The number of carboxylic acids is 1. The van der Waals surface area contributed by atoms with Crippen LogP contribution >= 0.6 is 0 Å². The number of hydrogen-bond acceptors (Lipinski definition) is 3. The number of nitrogens with zero attached hydrogens (tertiary/aromatic N) is 1. The van der Waals surface area contributed by atoms with Crippen LogP contribution in [0.5, 0.6) is 5.75 Å². The van der Waals surface area contributed by atoms with E-state index in [1.165, 1.54) is 17.0 Å². The normalized spacial score (nSPS) is 21.7. The highest BCUT2D eigenvalue weighted by Gasteiger charge is 2.42. The first-order valence-electron chi connectivity index (χ1n) is 6.49. The van der Waals surface area contributed by atoms with Crippen molar-refractivity contribution in [3.63, 3.8) is 0 Å². The molecule has 0 saturated carbocycles. The predicted octanol–water partition coefficient (Wildman–Crippen LogP) is 2.52. The van der Waals surface area contributed by atoms with Gasteiger partial charge in [-0.25, -0.2) is 0 Å². The molecule has 0 radical (unpaired) electrons. The number of alkyl halides is 3. The van der Waals surface area contributed by atoms with Gasteiger partial charge in [0.15, 0.2) is 0 Å². The number of aliphatic carboxylic acids is 1. The molecule has 0 aliphatic carbocycles. The van der Waals surface area contributed by atoms with Gasteiger partial charge in [0.25, 0.3) is 5.91 Å². The van der Waals surface area contributed by atoms with Gasteiger partial charge in [0.1, 0.15) is 5.75 Å². The highest BCUT2D eigenvalue weighted by atomic mass is 19.4.